The fourth-order valence-electron chi connectivity index (χ4n) is 1.60. The first kappa shape index (κ1) is 12.6. The number of hydrogen-bond acceptors (Lipinski definition) is 7. The van der Waals surface area contributed by atoms with Crippen molar-refractivity contribution in [3.8, 4) is 11.5 Å². The number of anilines is 1. The third-order valence-electron chi connectivity index (χ3n) is 2.51. The highest BCUT2D eigenvalue weighted by Gasteiger charge is 2.11. The quantitative estimate of drug-likeness (QED) is 0.819. The highest BCUT2D eigenvalue weighted by atomic mass is 32.1. The van der Waals surface area contributed by atoms with E-state index in [9.17, 15) is 0 Å². The molecule has 0 spiro atoms. The Bertz CT molecular complexity index is 504. The molecule has 0 atom stereocenters. The van der Waals surface area contributed by atoms with Gasteiger partial charge in [0.05, 0.1) is 14.2 Å². The molecular weight excluding hydrogens is 252 g/mol. The standard InChI is InChI=1S/C11H14N4O2S/c1-15(11-12-13-14-18-11)7-8-6-9(16-2)4-5-10(8)17-3/h4-6H,7H2,1-3H3. The fraction of sp³-hybridized carbons (Fsp3) is 0.364. The summed E-state index contributed by atoms with van der Waals surface area (Å²) in [5, 5.41) is 8.27. The Hall–Kier alpha value is -1.89. The van der Waals surface area contributed by atoms with Crippen LogP contribution in [0.3, 0.4) is 0 Å². The van der Waals surface area contributed by atoms with Gasteiger partial charge in [0, 0.05) is 30.7 Å². The molecule has 0 N–H and O–H groups in total. The summed E-state index contributed by atoms with van der Waals surface area (Å²) >= 11 is 1.26. The van der Waals surface area contributed by atoms with Crippen molar-refractivity contribution in [2.45, 2.75) is 6.54 Å². The Morgan fingerprint density at radius 3 is 2.72 bits per heavy atom. The molecule has 1 aromatic heterocycles. The van der Waals surface area contributed by atoms with E-state index in [4.69, 9.17) is 9.47 Å². The predicted octanol–water partition coefficient (Wildman–Crippen LogP) is 1.59. The lowest BCUT2D eigenvalue weighted by molar-refractivity contribution is 0.398. The SMILES string of the molecule is COc1ccc(OC)c(CN(C)c2nnns2)c1. The Labute approximate surface area is 109 Å². The average molecular weight is 266 g/mol. The van der Waals surface area contributed by atoms with Crippen LogP contribution in [0.5, 0.6) is 11.5 Å². The Morgan fingerprint density at radius 1 is 1.28 bits per heavy atom. The molecule has 2 rings (SSSR count). The van der Waals surface area contributed by atoms with Crippen molar-refractivity contribution in [2.24, 2.45) is 0 Å². The van der Waals surface area contributed by atoms with Crippen LogP contribution in [0.15, 0.2) is 18.2 Å². The number of methoxy groups -OCH3 is 2. The van der Waals surface area contributed by atoms with Crippen molar-refractivity contribution in [3.05, 3.63) is 23.8 Å². The van der Waals surface area contributed by atoms with Gasteiger partial charge >= 0.3 is 0 Å². The minimum Gasteiger partial charge on any atom is -0.497 e. The molecule has 7 heteroatoms. The first-order valence-corrected chi connectivity index (χ1v) is 6.09. The molecule has 0 saturated heterocycles. The molecule has 0 radical (unpaired) electrons. The zero-order chi connectivity index (χ0) is 13.0. The minimum atomic E-state index is 0.650. The van der Waals surface area contributed by atoms with Crippen molar-refractivity contribution in [2.75, 3.05) is 26.2 Å². The number of hydrogen-bond donors (Lipinski definition) is 0. The highest BCUT2D eigenvalue weighted by Crippen LogP contribution is 2.26. The summed E-state index contributed by atoms with van der Waals surface area (Å²) in [4.78, 5) is 1.96. The highest BCUT2D eigenvalue weighted by molar-refractivity contribution is 7.09. The van der Waals surface area contributed by atoms with E-state index in [1.54, 1.807) is 14.2 Å². The van der Waals surface area contributed by atoms with E-state index >= 15 is 0 Å². The van der Waals surface area contributed by atoms with Crippen molar-refractivity contribution in [1.82, 2.24) is 14.8 Å². The molecule has 0 fully saturated rings. The van der Waals surface area contributed by atoms with Crippen molar-refractivity contribution >= 4 is 16.7 Å². The van der Waals surface area contributed by atoms with E-state index < -0.39 is 0 Å². The van der Waals surface area contributed by atoms with Crippen LogP contribution in [0.1, 0.15) is 5.56 Å². The van der Waals surface area contributed by atoms with Crippen LogP contribution in [0.25, 0.3) is 0 Å². The second-order valence-electron chi connectivity index (χ2n) is 3.68. The van der Waals surface area contributed by atoms with E-state index in [1.807, 2.05) is 30.1 Å². The van der Waals surface area contributed by atoms with Gasteiger partial charge in [0.25, 0.3) is 0 Å². The summed E-state index contributed by atoms with van der Waals surface area (Å²) in [5.41, 5.74) is 1.02. The molecular formula is C11H14N4O2S. The van der Waals surface area contributed by atoms with E-state index in [0.717, 1.165) is 22.2 Å². The topological polar surface area (TPSA) is 60.4 Å². The van der Waals surface area contributed by atoms with E-state index in [2.05, 4.69) is 14.8 Å². The molecule has 0 amide bonds. The van der Waals surface area contributed by atoms with Gasteiger partial charge in [-0.2, -0.15) is 0 Å². The third kappa shape index (κ3) is 2.67. The lowest BCUT2D eigenvalue weighted by Crippen LogP contribution is -2.16. The predicted molar refractivity (Wildman–Crippen MR) is 69.4 cm³/mol. The van der Waals surface area contributed by atoms with Gasteiger partial charge < -0.3 is 14.4 Å². The normalized spacial score (nSPS) is 10.2. The molecule has 18 heavy (non-hydrogen) atoms. The number of rotatable bonds is 5. The van der Waals surface area contributed by atoms with Crippen LogP contribution in [0, 0.1) is 0 Å². The minimum absolute atomic E-state index is 0.650. The second kappa shape index (κ2) is 5.63. The number of ether oxygens (including phenoxy) is 2. The van der Waals surface area contributed by atoms with Crippen molar-refractivity contribution in [3.63, 3.8) is 0 Å². The van der Waals surface area contributed by atoms with E-state index in [-0.39, 0.29) is 0 Å². The lowest BCUT2D eigenvalue weighted by atomic mass is 10.2. The molecule has 96 valence electrons. The monoisotopic (exact) mass is 266 g/mol. The van der Waals surface area contributed by atoms with Gasteiger partial charge in [-0.15, -0.1) is 0 Å². The summed E-state index contributed by atoms with van der Waals surface area (Å²) in [6, 6.07) is 5.71. The van der Waals surface area contributed by atoms with Crippen LogP contribution in [0.4, 0.5) is 5.13 Å². The maximum absolute atomic E-state index is 5.33. The summed E-state index contributed by atoms with van der Waals surface area (Å²) < 4.78 is 14.3. The zero-order valence-corrected chi connectivity index (χ0v) is 11.3. The van der Waals surface area contributed by atoms with Crippen molar-refractivity contribution in [1.29, 1.82) is 0 Å². The molecule has 0 unspecified atom stereocenters. The molecule has 1 aromatic carbocycles. The number of aromatic nitrogens is 3. The zero-order valence-electron chi connectivity index (χ0n) is 10.5. The summed E-state index contributed by atoms with van der Waals surface area (Å²) in [7, 11) is 5.23. The molecule has 2 aromatic rings. The van der Waals surface area contributed by atoms with Crippen LogP contribution in [0.2, 0.25) is 0 Å². The van der Waals surface area contributed by atoms with Gasteiger partial charge in [0.1, 0.15) is 11.5 Å². The van der Waals surface area contributed by atoms with Crippen LogP contribution >= 0.6 is 11.5 Å². The Morgan fingerprint density at radius 2 is 2.11 bits per heavy atom. The molecule has 6 nitrogen and oxygen atoms in total. The van der Waals surface area contributed by atoms with Crippen LogP contribution in [-0.2, 0) is 6.54 Å². The second-order valence-corrected chi connectivity index (χ2v) is 4.39. The lowest BCUT2D eigenvalue weighted by Gasteiger charge is -2.17. The van der Waals surface area contributed by atoms with Gasteiger partial charge in [0.15, 0.2) is 0 Å². The van der Waals surface area contributed by atoms with E-state index in [0.29, 0.717) is 6.54 Å². The Kier molecular flexibility index (Phi) is 3.93. The van der Waals surface area contributed by atoms with Gasteiger partial charge in [-0.3, -0.25) is 0 Å². The molecule has 0 aliphatic rings. The maximum Gasteiger partial charge on any atom is 0.227 e. The molecule has 0 aliphatic carbocycles. The summed E-state index contributed by atoms with van der Waals surface area (Å²) in [5.74, 6) is 1.62. The van der Waals surface area contributed by atoms with Crippen LogP contribution in [-0.4, -0.2) is 36.1 Å². The average Bonchev–Trinajstić information content (AvgIpc) is 2.92. The largest absolute Gasteiger partial charge is 0.497 e. The van der Waals surface area contributed by atoms with Crippen LogP contribution < -0.4 is 14.4 Å². The summed E-state index contributed by atoms with van der Waals surface area (Å²) in [6.07, 6.45) is 0. The van der Waals surface area contributed by atoms with E-state index in [1.165, 1.54) is 11.5 Å². The molecule has 0 bridgehead atoms. The van der Waals surface area contributed by atoms with Gasteiger partial charge in [-0.05, 0) is 23.4 Å². The fourth-order valence-corrected chi connectivity index (χ4v) is 2.03. The Balaban J connectivity index is 2.21. The molecule has 0 saturated carbocycles. The van der Waals surface area contributed by atoms with Crippen molar-refractivity contribution < 1.29 is 9.47 Å². The first-order valence-electron chi connectivity index (χ1n) is 5.31. The molecule has 1 heterocycles. The van der Waals surface area contributed by atoms with Gasteiger partial charge in [0.2, 0.25) is 5.13 Å². The molecule has 0 aliphatic heterocycles. The summed E-state index contributed by atoms with van der Waals surface area (Å²) in [6.45, 7) is 0.650. The first-order chi connectivity index (χ1) is 8.74. The third-order valence-corrected chi connectivity index (χ3v) is 3.22. The maximum atomic E-state index is 5.33. The smallest absolute Gasteiger partial charge is 0.227 e. The number of benzene rings is 1. The van der Waals surface area contributed by atoms with Gasteiger partial charge in [-0.25, -0.2) is 0 Å². The van der Waals surface area contributed by atoms with Gasteiger partial charge in [-0.1, -0.05) is 9.59 Å². The number of nitrogens with zero attached hydrogens (tertiary/aromatic N) is 4.